The number of hydrogen-bond donors (Lipinski definition) is 1. The second-order valence-corrected chi connectivity index (χ2v) is 4.77. The van der Waals surface area contributed by atoms with E-state index in [1.165, 1.54) is 39.5 Å². The van der Waals surface area contributed by atoms with Gasteiger partial charge in [-0.1, -0.05) is 0 Å². The third-order valence-corrected chi connectivity index (χ3v) is 3.04. The van der Waals surface area contributed by atoms with E-state index < -0.39 is 18.0 Å². The van der Waals surface area contributed by atoms with Crippen molar-refractivity contribution in [2.24, 2.45) is 0 Å². The summed E-state index contributed by atoms with van der Waals surface area (Å²) in [4.78, 5) is 35.3. The van der Waals surface area contributed by atoms with Crippen LogP contribution in [0.3, 0.4) is 0 Å². The minimum Gasteiger partial charge on any atom is -0.481 e. The van der Waals surface area contributed by atoms with E-state index in [0.717, 1.165) is 0 Å². The van der Waals surface area contributed by atoms with E-state index in [-0.39, 0.29) is 22.8 Å². The van der Waals surface area contributed by atoms with Gasteiger partial charge in [-0.3, -0.25) is 4.79 Å². The molecular weight excluding hydrogens is 318 g/mol. The van der Waals surface area contributed by atoms with Crippen LogP contribution in [0.2, 0.25) is 0 Å². The highest BCUT2D eigenvalue weighted by Crippen LogP contribution is 2.20. The van der Waals surface area contributed by atoms with Crippen molar-refractivity contribution in [3.63, 3.8) is 0 Å². The topological polar surface area (TPSA) is 100 Å². The highest BCUT2D eigenvalue weighted by Gasteiger charge is 2.18. The molecule has 0 heterocycles. The lowest BCUT2D eigenvalue weighted by Crippen LogP contribution is -2.38. The average Bonchev–Trinajstić information content (AvgIpc) is 2.59. The molecule has 0 aliphatic heterocycles. The zero-order chi connectivity index (χ0) is 18.1. The summed E-state index contributed by atoms with van der Waals surface area (Å²) in [5, 5.41) is 2.63. The molecule has 1 amide bonds. The fourth-order valence-electron chi connectivity index (χ4n) is 1.82. The Hall–Kier alpha value is -2.61. The molecule has 8 heteroatoms. The van der Waals surface area contributed by atoms with Gasteiger partial charge in [-0.25, -0.2) is 9.59 Å². The summed E-state index contributed by atoms with van der Waals surface area (Å²) in [5.74, 6) is -1.45. The first kappa shape index (κ1) is 19.4. The number of amides is 1. The summed E-state index contributed by atoms with van der Waals surface area (Å²) in [6.07, 6.45) is -0.833. The van der Waals surface area contributed by atoms with Gasteiger partial charge in [0.2, 0.25) is 0 Å². The van der Waals surface area contributed by atoms with E-state index in [1.807, 2.05) is 0 Å². The van der Waals surface area contributed by atoms with Crippen LogP contribution in [-0.2, 0) is 19.0 Å². The summed E-state index contributed by atoms with van der Waals surface area (Å²) >= 11 is 0. The molecule has 1 atom stereocenters. The van der Waals surface area contributed by atoms with Crippen LogP contribution in [0.5, 0.6) is 5.75 Å². The molecule has 1 N–H and O–H groups in total. The Morgan fingerprint density at radius 1 is 1.00 bits per heavy atom. The molecular formula is C16H21NO7. The zero-order valence-electron chi connectivity index (χ0n) is 14.1. The molecule has 0 aromatic heterocycles. The fourth-order valence-corrected chi connectivity index (χ4v) is 1.82. The number of hydrogen-bond acceptors (Lipinski definition) is 7. The van der Waals surface area contributed by atoms with Crippen molar-refractivity contribution >= 4 is 17.8 Å². The third-order valence-electron chi connectivity index (χ3n) is 3.04. The predicted octanol–water partition coefficient (Wildman–Crippen LogP) is 0.790. The first-order chi connectivity index (χ1) is 11.4. The largest absolute Gasteiger partial charge is 0.481 e. The number of methoxy groups -OCH3 is 3. The summed E-state index contributed by atoms with van der Waals surface area (Å²) in [5.41, 5.74) is 0.227. The van der Waals surface area contributed by atoms with Crippen LogP contribution in [0.25, 0.3) is 0 Å². The molecule has 0 saturated carbocycles. The molecule has 24 heavy (non-hydrogen) atoms. The summed E-state index contributed by atoms with van der Waals surface area (Å²) in [6, 6.07) is 4.10. The first-order valence-corrected chi connectivity index (χ1v) is 7.18. The van der Waals surface area contributed by atoms with Crippen molar-refractivity contribution in [3.05, 3.63) is 29.3 Å². The number of benzene rings is 1. The van der Waals surface area contributed by atoms with Gasteiger partial charge in [0.25, 0.3) is 5.91 Å². The van der Waals surface area contributed by atoms with E-state index in [9.17, 15) is 14.4 Å². The van der Waals surface area contributed by atoms with E-state index in [1.54, 1.807) is 6.92 Å². The lowest BCUT2D eigenvalue weighted by molar-refractivity contribution is -0.127. The van der Waals surface area contributed by atoms with Crippen molar-refractivity contribution in [1.82, 2.24) is 5.32 Å². The van der Waals surface area contributed by atoms with Crippen LogP contribution in [0, 0.1) is 0 Å². The van der Waals surface area contributed by atoms with Gasteiger partial charge in [-0.15, -0.1) is 0 Å². The maximum Gasteiger partial charge on any atom is 0.338 e. The van der Waals surface area contributed by atoms with Crippen LogP contribution in [-0.4, -0.2) is 58.4 Å². The maximum atomic E-state index is 11.9. The number of carbonyl (C=O) groups is 3. The third kappa shape index (κ3) is 5.54. The van der Waals surface area contributed by atoms with Gasteiger partial charge in [0.05, 0.1) is 32.0 Å². The molecule has 0 unspecified atom stereocenters. The zero-order valence-corrected chi connectivity index (χ0v) is 14.1. The number of carbonyl (C=O) groups excluding carboxylic acids is 3. The molecule has 8 nitrogen and oxygen atoms in total. The molecule has 1 aromatic carbocycles. The van der Waals surface area contributed by atoms with Crippen LogP contribution in [0.15, 0.2) is 18.2 Å². The molecule has 0 radical (unpaired) electrons. The number of nitrogens with one attached hydrogen (secondary N) is 1. The van der Waals surface area contributed by atoms with Gasteiger partial charge >= 0.3 is 11.9 Å². The SMILES string of the molecule is COCCNC(=O)[C@@H](C)Oc1cc(C(=O)OC)cc(C(=O)OC)c1. The highest BCUT2D eigenvalue weighted by molar-refractivity contribution is 5.96. The summed E-state index contributed by atoms with van der Waals surface area (Å²) in [7, 11) is 3.97. The fraction of sp³-hybridized carbons (Fsp3) is 0.438. The van der Waals surface area contributed by atoms with Crippen LogP contribution in [0.1, 0.15) is 27.6 Å². The van der Waals surface area contributed by atoms with Gasteiger partial charge in [0.1, 0.15) is 5.75 Å². The highest BCUT2D eigenvalue weighted by atomic mass is 16.5. The summed E-state index contributed by atoms with van der Waals surface area (Å²) < 4.78 is 19.6. The normalized spacial score (nSPS) is 11.3. The minimum absolute atomic E-state index is 0.113. The van der Waals surface area contributed by atoms with E-state index in [0.29, 0.717) is 13.2 Å². The van der Waals surface area contributed by atoms with Crippen molar-refractivity contribution in [2.45, 2.75) is 13.0 Å². The lowest BCUT2D eigenvalue weighted by atomic mass is 10.1. The molecule has 0 aliphatic rings. The van der Waals surface area contributed by atoms with Gasteiger partial charge < -0.3 is 24.3 Å². The Labute approximate surface area is 140 Å². The van der Waals surface area contributed by atoms with E-state index in [4.69, 9.17) is 9.47 Å². The molecule has 0 bridgehead atoms. The van der Waals surface area contributed by atoms with E-state index in [2.05, 4.69) is 14.8 Å². The smallest absolute Gasteiger partial charge is 0.338 e. The van der Waals surface area contributed by atoms with Gasteiger partial charge in [-0.05, 0) is 25.1 Å². The second-order valence-electron chi connectivity index (χ2n) is 4.77. The maximum absolute atomic E-state index is 11.9. The Kier molecular flexibility index (Phi) is 7.70. The second kappa shape index (κ2) is 9.51. The molecule has 1 aromatic rings. The van der Waals surface area contributed by atoms with Gasteiger partial charge in [-0.2, -0.15) is 0 Å². The molecule has 0 aliphatic carbocycles. The number of esters is 2. The molecule has 0 fully saturated rings. The first-order valence-electron chi connectivity index (χ1n) is 7.18. The monoisotopic (exact) mass is 339 g/mol. The van der Waals surface area contributed by atoms with Crippen LogP contribution >= 0.6 is 0 Å². The Morgan fingerprint density at radius 3 is 2.00 bits per heavy atom. The summed E-state index contributed by atoms with van der Waals surface area (Å²) in [6.45, 7) is 2.27. The molecule has 1 rings (SSSR count). The number of rotatable bonds is 8. The standard InChI is InChI=1S/C16H21NO7/c1-10(14(18)17-5-6-21-2)24-13-8-11(15(19)22-3)7-12(9-13)16(20)23-4/h7-10H,5-6H2,1-4H3,(H,17,18)/t10-/m1/s1. The van der Waals surface area contributed by atoms with Crippen molar-refractivity contribution in [3.8, 4) is 5.75 Å². The van der Waals surface area contributed by atoms with Crippen molar-refractivity contribution in [2.75, 3.05) is 34.5 Å². The molecule has 0 saturated heterocycles. The predicted molar refractivity (Wildman–Crippen MR) is 84.1 cm³/mol. The van der Waals surface area contributed by atoms with E-state index >= 15 is 0 Å². The quantitative estimate of drug-likeness (QED) is 0.552. The van der Waals surface area contributed by atoms with Gasteiger partial charge in [0.15, 0.2) is 6.10 Å². The van der Waals surface area contributed by atoms with Crippen LogP contribution in [0.4, 0.5) is 0 Å². The Balaban J connectivity index is 2.94. The Morgan fingerprint density at radius 2 is 1.54 bits per heavy atom. The Bertz CT molecular complexity index is 566. The van der Waals surface area contributed by atoms with Crippen LogP contribution < -0.4 is 10.1 Å². The van der Waals surface area contributed by atoms with Crippen molar-refractivity contribution in [1.29, 1.82) is 0 Å². The molecule has 132 valence electrons. The minimum atomic E-state index is -0.833. The average molecular weight is 339 g/mol. The lowest BCUT2D eigenvalue weighted by Gasteiger charge is -2.16. The van der Waals surface area contributed by atoms with Crippen molar-refractivity contribution < 1.29 is 33.3 Å². The molecule has 0 spiro atoms. The number of ether oxygens (including phenoxy) is 4. The van der Waals surface area contributed by atoms with Gasteiger partial charge in [0, 0.05) is 13.7 Å².